The predicted octanol–water partition coefficient (Wildman–Crippen LogP) is 3.51. The Labute approximate surface area is 114 Å². The molecule has 0 radical (unpaired) electrons. The standard InChI is InChI=1S/C16H34N2/c1-4-6-15-7-5-9-18(10-8-15)13-16(12-17)11-14(2)3/h14-16H,4-13,17H2,1-3H3. The van der Waals surface area contributed by atoms with E-state index in [9.17, 15) is 0 Å². The Morgan fingerprint density at radius 2 is 2.00 bits per heavy atom. The monoisotopic (exact) mass is 254 g/mol. The molecule has 1 aliphatic heterocycles. The molecule has 0 spiro atoms. The van der Waals surface area contributed by atoms with Crippen LogP contribution in [0.1, 0.15) is 59.3 Å². The van der Waals surface area contributed by atoms with Crippen LogP contribution in [0, 0.1) is 17.8 Å². The summed E-state index contributed by atoms with van der Waals surface area (Å²) in [6.07, 6.45) is 8.31. The van der Waals surface area contributed by atoms with Crippen LogP contribution in [0.5, 0.6) is 0 Å². The first-order chi connectivity index (χ1) is 8.65. The fraction of sp³-hybridized carbons (Fsp3) is 1.00. The summed E-state index contributed by atoms with van der Waals surface area (Å²) in [5.74, 6) is 2.47. The van der Waals surface area contributed by atoms with Crippen LogP contribution in [-0.2, 0) is 0 Å². The van der Waals surface area contributed by atoms with Gasteiger partial charge in [-0.15, -0.1) is 0 Å². The van der Waals surface area contributed by atoms with Gasteiger partial charge in [-0.05, 0) is 63.1 Å². The maximum atomic E-state index is 5.93. The highest BCUT2D eigenvalue weighted by Gasteiger charge is 2.19. The van der Waals surface area contributed by atoms with Gasteiger partial charge in [0.1, 0.15) is 0 Å². The second-order valence-corrected chi connectivity index (χ2v) is 6.62. The lowest BCUT2D eigenvalue weighted by Gasteiger charge is -2.26. The van der Waals surface area contributed by atoms with Crippen molar-refractivity contribution in [3.63, 3.8) is 0 Å². The van der Waals surface area contributed by atoms with Crippen molar-refractivity contribution in [3.8, 4) is 0 Å². The first-order valence-electron chi connectivity index (χ1n) is 8.08. The van der Waals surface area contributed by atoms with Crippen LogP contribution in [0.4, 0.5) is 0 Å². The van der Waals surface area contributed by atoms with Crippen molar-refractivity contribution >= 4 is 0 Å². The van der Waals surface area contributed by atoms with E-state index < -0.39 is 0 Å². The summed E-state index contributed by atoms with van der Waals surface area (Å²) in [5.41, 5.74) is 5.93. The molecule has 0 aromatic heterocycles. The topological polar surface area (TPSA) is 29.3 Å². The van der Waals surface area contributed by atoms with Crippen molar-refractivity contribution < 1.29 is 0 Å². The van der Waals surface area contributed by atoms with Gasteiger partial charge in [0.05, 0.1) is 0 Å². The fourth-order valence-corrected chi connectivity index (χ4v) is 3.38. The van der Waals surface area contributed by atoms with Crippen molar-refractivity contribution in [2.45, 2.75) is 59.3 Å². The van der Waals surface area contributed by atoms with Crippen molar-refractivity contribution in [3.05, 3.63) is 0 Å². The molecule has 2 N–H and O–H groups in total. The van der Waals surface area contributed by atoms with Crippen molar-refractivity contribution in [2.75, 3.05) is 26.2 Å². The van der Waals surface area contributed by atoms with E-state index in [1.165, 1.54) is 58.2 Å². The van der Waals surface area contributed by atoms with Gasteiger partial charge in [-0.1, -0.05) is 33.6 Å². The molecular weight excluding hydrogens is 220 g/mol. The third-order valence-electron chi connectivity index (χ3n) is 4.29. The van der Waals surface area contributed by atoms with Crippen LogP contribution >= 0.6 is 0 Å². The van der Waals surface area contributed by atoms with Gasteiger partial charge in [-0.2, -0.15) is 0 Å². The Hall–Kier alpha value is -0.0800. The van der Waals surface area contributed by atoms with Gasteiger partial charge in [-0.25, -0.2) is 0 Å². The molecule has 1 aliphatic rings. The zero-order chi connectivity index (χ0) is 13.4. The second-order valence-electron chi connectivity index (χ2n) is 6.62. The van der Waals surface area contributed by atoms with E-state index in [-0.39, 0.29) is 0 Å². The van der Waals surface area contributed by atoms with Crippen molar-refractivity contribution in [1.82, 2.24) is 4.90 Å². The summed E-state index contributed by atoms with van der Waals surface area (Å²) in [4.78, 5) is 2.68. The number of hydrogen-bond acceptors (Lipinski definition) is 2. The normalized spacial score (nSPS) is 24.2. The molecule has 1 saturated heterocycles. The molecule has 1 fully saturated rings. The molecule has 0 aliphatic carbocycles. The van der Waals surface area contributed by atoms with E-state index >= 15 is 0 Å². The maximum Gasteiger partial charge on any atom is 0.00218 e. The quantitative estimate of drug-likeness (QED) is 0.753. The van der Waals surface area contributed by atoms with Crippen LogP contribution in [0.2, 0.25) is 0 Å². The summed E-state index contributed by atoms with van der Waals surface area (Å²) >= 11 is 0. The molecule has 108 valence electrons. The van der Waals surface area contributed by atoms with Crippen LogP contribution in [-0.4, -0.2) is 31.1 Å². The van der Waals surface area contributed by atoms with Crippen LogP contribution < -0.4 is 5.73 Å². The Balaban J connectivity index is 2.33. The number of nitrogens with zero attached hydrogens (tertiary/aromatic N) is 1. The summed E-state index contributed by atoms with van der Waals surface area (Å²) in [7, 11) is 0. The lowest BCUT2D eigenvalue weighted by atomic mass is 9.95. The molecule has 0 amide bonds. The van der Waals surface area contributed by atoms with Gasteiger partial charge >= 0.3 is 0 Å². The lowest BCUT2D eigenvalue weighted by Crippen LogP contribution is -2.34. The Morgan fingerprint density at radius 3 is 2.61 bits per heavy atom. The first-order valence-corrected chi connectivity index (χ1v) is 8.08. The summed E-state index contributed by atoms with van der Waals surface area (Å²) in [6, 6.07) is 0. The molecule has 2 atom stereocenters. The third kappa shape index (κ3) is 6.19. The Kier molecular flexibility index (Phi) is 7.92. The zero-order valence-electron chi connectivity index (χ0n) is 12.8. The zero-order valence-corrected chi connectivity index (χ0v) is 12.8. The van der Waals surface area contributed by atoms with E-state index in [0.717, 1.165) is 18.4 Å². The maximum absolute atomic E-state index is 5.93. The minimum absolute atomic E-state index is 0.702. The molecule has 1 heterocycles. The highest BCUT2D eigenvalue weighted by molar-refractivity contribution is 4.73. The third-order valence-corrected chi connectivity index (χ3v) is 4.29. The first kappa shape index (κ1) is 16.0. The second kappa shape index (κ2) is 8.92. The molecule has 0 saturated carbocycles. The van der Waals surface area contributed by atoms with Gasteiger partial charge in [0.2, 0.25) is 0 Å². The molecule has 18 heavy (non-hydrogen) atoms. The minimum atomic E-state index is 0.702. The van der Waals surface area contributed by atoms with Crippen LogP contribution in [0.15, 0.2) is 0 Å². The lowest BCUT2D eigenvalue weighted by molar-refractivity contribution is 0.221. The van der Waals surface area contributed by atoms with E-state index in [4.69, 9.17) is 5.73 Å². The van der Waals surface area contributed by atoms with E-state index in [2.05, 4.69) is 25.7 Å². The molecule has 1 rings (SSSR count). The van der Waals surface area contributed by atoms with Crippen LogP contribution in [0.3, 0.4) is 0 Å². The van der Waals surface area contributed by atoms with E-state index in [1.807, 2.05) is 0 Å². The van der Waals surface area contributed by atoms with Gasteiger partial charge < -0.3 is 10.6 Å². The largest absolute Gasteiger partial charge is 0.330 e. The molecule has 0 bridgehead atoms. The number of likely N-dealkylation sites (tertiary alicyclic amines) is 1. The van der Waals surface area contributed by atoms with Gasteiger partial charge in [0.15, 0.2) is 0 Å². The average molecular weight is 254 g/mol. The molecule has 2 nitrogen and oxygen atoms in total. The summed E-state index contributed by atoms with van der Waals surface area (Å²) in [6.45, 7) is 11.6. The molecule has 0 aromatic rings. The number of hydrogen-bond donors (Lipinski definition) is 1. The minimum Gasteiger partial charge on any atom is -0.330 e. The molecule has 0 aromatic carbocycles. The van der Waals surface area contributed by atoms with Gasteiger partial charge in [-0.3, -0.25) is 0 Å². The van der Waals surface area contributed by atoms with Gasteiger partial charge in [0, 0.05) is 6.54 Å². The Bertz CT molecular complexity index is 203. The van der Waals surface area contributed by atoms with Crippen LogP contribution in [0.25, 0.3) is 0 Å². The number of nitrogens with two attached hydrogens (primary N) is 1. The summed E-state index contributed by atoms with van der Waals surface area (Å²) < 4.78 is 0. The van der Waals surface area contributed by atoms with E-state index in [0.29, 0.717) is 5.92 Å². The number of rotatable bonds is 7. The smallest absolute Gasteiger partial charge is 0.00218 e. The molecule has 2 heteroatoms. The van der Waals surface area contributed by atoms with Crippen molar-refractivity contribution in [1.29, 1.82) is 0 Å². The van der Waals surface area contributed by atoms with Crippen molar-refractivity contribution in [2.24, 2.45) is 23.5 Å². The fourth-order valence-electron chi connectivity index (χ4n) is 3.38. The van der Waals surface area contributed by atoms with E-state index in [1.54, 1.807) is 0 Å². The predicted molar refractivity (Wildman–Crippen MR) is 80.7 cm³/mol. The average Bonchev–Trinajstić information content (AvgIpc) is 2.54. The Morgan fingerprint density at radius 1 is 1.22 bits per heavy atom. The summed E-state index contributed by atoms with van der Waals surface area (Å²) in [5, 5.41) is 0. The molecule has 2 unspecified atom stereocenters. The highest BCUT2D eigenvalue weighted by Crippen LogP contribution is 2.23. The molecular formula is C16H34N2. The van der Waals surface area contributed by atoms with Gasteiger partial charge in [0.25, 0.3) is 0 Å². The highest BCUT2D eigenvalue weighted by atomic mass is 15.1. The SMILES string of the molecule is CCCC1CCCN(CC(CN)CC(C)C)CC1.